The third-order valence-electron chi connectivity index (χ3n) is 3.49. The van der Waals surface area contributed by atoms with Gasteiger partial charge in [-0.2, -0.15) is 4.98 Å². The Morgan fingerprint density at radius 2 is 2.35 bits per heavy atom. The monoisotopic (exact) mass is 276 g/mol. The van der Waals surface area contributed by atoms with Crippen LogP contribution in [-0.2, 0) is 0 Å². The first-order valence-corrected chi connectivity index (χ1v) is 6.73. The van der Waals surface area contributed by atoms with Gasteiger partial charge < -0.3 is 15.0 Å². The van der Waals surface area contributed by atoms with E-state index in [0.29, 0.717) is 29.7 Å². The molecule has 0 aliphatic carbocycles. The molecule has 0 spiro atoms. The Kier molecular flexibility index (Phi) is 3.51. The van der Waals surface area contributed by atoms with Crippen molar-refractivity contribution in [3.8, 4) is 6.01 Å². The fourth-order valence-corrected chi connectivity index (χ4v) is 2.40. The highest BCUT2D eigenvalue weighted by atomic mass is 16.6. The van der Waals surface area contributed by atoms with Crippen LogP contribution in [0, 0.1) is 10.1 Å². The molecular formula is C13H16N4O3. The molecule has 0 unspecified atom stereocenters. The Morgan fingerprint density at radius 1 is 1.45 bits per heavy atom. The summed E-state index contributed by atoms with van der Waals surface area (Å²) in [5, 5.41) is 14.1. The standard InChI is InChI=1S/C13H16N4O3/c18-17(19)10-4-5-11-12(7-10)16-13(15-11)20-8-9-3-1-2-6-14-9/h4-5,7,9,14H,1-3,6,8H2,(H,15,16)/t9-/m0/s1. The van der Waals surface area contributed by atoms with Gasteiger partial charge in [0.2, 0.25) is 0 Å². The molecule has 106 valence electrons. The molecular weight excluding hydrogens is 260 g/mol. The third kappa shape index (κ3) is 2.72. The predicted molar refractivity (Wildman–Crippen MR) is 73.9 cm³/mol. The highest BCUT2D eigenvalue weighted by Crippen LogP contribution is 2.21. The molecule has 2 aromatic rings. The van der Waals surface area contributed by atoms with Crippen molar-refractivity contribution in [3.05, 3.63) is 28.3 Å². The van der Waals surface area contributed by atoms with Crippen LogP contribution in [-0.4, -0.2) is 34.1 Å². The van der Waals surface area contributed by atoms with Gasteiger partial charge in [-0.1, -0.05) is 6.42 Å². The van der Waals surface area contributed by atoms with E-state index in [9.17, 15) is 10.1 Å². The second kappa shape index (κ2) is 5.46. The second-order valence-corrected chi connectivity index (χ2v) is 4.96. The Hall–Kier alpha value is -2.15. The van der Waals surface area contributed by atoms with Crippen LogP contribution < -0.4 is 10.1 Å². The summed E-state index contributed by atoms with van der Waals surface area (Å²) in [4.78, 5) is 17.5. The topological polar surface area (TPSA) is 93.1 Å². The van der Waals surface area contributed by atoms with Crippen LogP contribution in [0.4, 0.5) is 5.69 Å². The van der Waals surface area contributed by atoms with Gasteiger partial charge in [-0.15, -0.1) is 0 Å². The summed E-state index contributed by atoms with van der Waals surface area (Å²) in [6.45, 7) is 1.59. The molecule has 1 saturated heterocycles. The lowest BCUT2D eigenvalue weighted by atomic mass is 10.1. The number of hydrogen-bond donors (Lipinski definition) is 2. The second-order valence-electron chi connectivity index (χ2n) is 4.96. The van der Waals surface area contributed by atoms with Crippen molar-refractivity contribution in [1.29, 1.82) is 0 Å². The minimum atomic E-state index is -0.424. The summed E-state index contributed by atoms with van der Waals surface area (Å²) in [6, 6.07) is 5.29. The molecule has 2 N–H and O–H groups in total. The van der Waals surface area contributed by atoms with Crippen LogP contribution in [0.5, 0.6) is 6.01 Å². The number of imidazole rings is 1. The number of fused-ring (bicyclic) bond motifs is 1. The van der Waals surface area contributed by atoms with Crippen molar-refractivity contribution in [1.82, 2.24) is 15.3 Å². The van der Waals surface area contributed by atoms with Gasteiger partial charge in [-0.05, 0) is 25.5 Å². The van der Waals surface area contributed by atoms with Crippen molar-refractivity contribution in [2.24, 2.45) is 0 Å². The first-order chi connectivity index (χ1) is 9.72. The molecule has 7 heteroatoms. The summed E-state index contributed by atoms with van der Waals surface area (Å²) < 4.78 is 5.63. The van der Waals surface area contributed by atoms with Crippen molar-refractivity contribution in [2.75, 3.05) is 13.2 Å². The molecule has 0 radical (unpaired) electrons. The molecule has 1 aliphatic heterocycles. The minimum Gasteiger partial charge on any atom is -0.463 e. The zero-order valence-corrected chi connectivity index (χ0v) is 11.0. The fourth-order valence-electron chi connectivity index (χ4n) is 2.40. The van der Waals surface area contributed by atoms with Gasteiger partial charge in [0.1, 0.15) is 6.61 Å². The van der Waals surface area contributed by atoms with E-state index in [1.165, 1.54) is 25.0 Å². The highest BCUT2D eigenvalue weighted by molar-refractivity contribution is 5.78. The number of hydrogen-bond acceptors (Lipinski definition) is 5. The molecule has 7 nitrogen and oxygen atoms in total. The lowest BCUT2D eigenvalue weighted by Crippen LogP contribution is -2.38. The summed E-state index contributed by atoms with van der Waals surface area (Å²) in [6.07, 6.45) is 3.53. The number of nitrogens with one attached hydrogen (secondary N) is 2. The van der Waals surface area contributed by atoms with Crippen LogP contribution in [0.25, 0.3) is 11.0 Å². The van der Waals surface area contributed by atoms with E-state index in [-0.39, 0.29) is 5.69 Å². The molecule has 1 atom stereocenters. The van der Waals surface area contributed by atoms with E-state index in [1.54, 1.807) is 6.07 Å². The van der Waals surface area contributed by atoms with Crippen molar-refractivity contribution < 1.29 is 9.66 Å². The Bertz CT molecular complexity index is 619. The molecule has 0 amide bonds. The zero-order chi connectivity index (χ0) is 13.9. The highest BCUT2D eigenvalue weighted by Gasteiger charge is 2.15. The van der Waals surface area contributed by atoms with Crippen molar-refractivity contribution in [3.63, 3.8) is 0 Å². The Labute approximate surface area is 115 Å². The molecule has 0 bridgehead atoms. The quantitative estimate of drug-likeness (QED) is 0.658. The molecule has 1 aromatic heterocycles. The van der Waals surface area contributed by atoms with E-state index >= 15 is 0 Å². The van der Waals surface area contributed by atoms with Crippen LogP contribution in [0.3, 0.4) is 0 Å². The van der Waals surface area contributed by atoms with Gasteiger partial charge in [0.15, 0.2) is 0 Å². The normalized spacial score (nSPS) is 19.1. The number of benzene rings is 1. The molecule has 0 saturated carbocycles. The minimum absolute atomic E-state index is 0.0432. The molecule has 20 heavy (non-hydrogen) atoms. The molecule has 1 aliphatic rings. The summed E-state index contributed by atoms with van der Waals surface area (Å²) in [7, 11) is 0. The number of non-ortho nitro benzene ring substituents is 1. The number of ether oxygens (including phenoxy) is 1. The van der Waals surface area contributed by atoms with Crippen molar-refractivity contribution >= 4 is 16.7 Å². The Balaban J connectivity index is 1.70. The number of aromatic amines is 1. The maximum absolute atomic E-state index is 10.7. The maximum Gasteiger partial charge on any atom is 0.294 e. The van der Waals surface area contributed by atoms with E-state index in [2.05, 4.69) is 15.3 Å². The Morgan fingerprint density at radius 3 is 3.10 bits per heavy atom. The van der Waals surface area contributed by atoms with Crippen LogP contribution >= 0.6 is 0 Å². The van der Waals surface area contributed by atoms with Gasteiger partial charge >= 0.3 is 0 Å². The number of nitrogens with zero attached hydrogens (tertiary/aromatic N) is 2. The predicted octanol–water partition coefficient (Wildman–Crippen LogP) is 1.99. The number of rotatable bonds is 4. The first kappa shape index (κ1) is 12.9. The van der Waals surface area contributed by atoms with Crippen LogP contribution in [0.1, 0.15) is 19.3 Å². The van der Waals surface area contributed by atoms with Gasteiger partial charge in [-0.25, -0.2) is 0 Å². The lowest BCUT2D eigenvalue weighted by molar-refractivity contribution is -0.384. The molecule has 2 heterocycles. The third-order valence-corrected chi connectivity index (χ3v) is 3.49. The van der Waals surface area contributed by atoms with E-state index in [4.69, 9.17) is 4.74 Å². The van der Waals surface area contributed by atoms with Gasteiger partial charge in [0.25, 0.3) is 11.7 Å². The average Bonchev–Trinajstić information content (AvgIpc) is 2.88. The molecule has 1 aromatic carbocycles. The fraction of sp³-hybridized carbons (Fsp3) is 0.462. The largest absolute Gasteiger partial charge is 0.463 e. The summed E-state index contributed by atoms with van der Waals surface area (Å²) >= 11 is 0. The number of piperidine rings is 1. The lowest BCUT2D eigenvalue weighted by Gasteiger charge is -2.22. The van der Waals surface area contributed by atoms with Gasteiger partial charge in [0.05, 0.1) is 16.0 Å². The molecule has 1 fully saturated rings. The molecule has 3 rings (SSSR count). The van der Waals surface area contributed by atoms with E-state index < -0.39 is 4.92 Å². The van der Waals surface area contributed by atoms with E-state index in [0.717, 1.165) is 13.0 Å². The van der Waals surface area contributed by atoms with Crippen LogP contribution in [0.2, 0.25) is 0 Å². The SMILES string of the molecule is O=[N+]([O-])c1ccc2nc(OC[C@@H]3CCCCN3)[nH]c2c1. The van der Waals surface area contributed by atoms with Crippen LogP contribution in [0.15, 0.2) is 18.2 Å². The number of nitro groups is 1. The maximum atomic E-state index is 10.7. The summed E-state index contributed by atoms with van der Waals surface area (Å²) in [5.74, 6) is 0. The number of H-pyrrole nitrogens is 1. The first-order valence-electron chi connectivity index (χ1n) is 6.73. The number of aromatic nitrogens is 2. The van der Waals surface area contributed by atoms with Gasteiger partial charge in [-0.3, -0.25) is 10.1 Å². The zero-order valence-electron chi connectivity index (χ0n) is 11.0. The summed E-state index contributed by atoms with van der Waals surface area (Å²) in [5.41, 5.74) is 1.33. The average molecular weight is 276 g/mol. The smallest absolute Gasteiger partial charge is 0.294 e. The number of nitro benzene ring substituents is 1. The van der Waals surface area contributed by atoms with Gasteiger partial charge in [0, 0.05) is 18.2 Å². The van der Waals surface area contributed by atoms with E-state index in [1.807, 2.05) is 0 Å². The van der Waals surface area contributed by atoms with Crippen molar-refractivity contribution in [2.45, 2.75) is 25.3 Å².